The Kier molecular flexibility index (Phi) is 6.11. The van der Waals surface area contributed by atoms with Gasteiger partial charge in [0.25, 0.3) is 5.78 Å². The third kappa shape index (κ3) is 4.90. The van der Waals surface area contributed by atoms with E-state index in [-0.39, 0.29) is 33.5 Å². The van der Waals surface area contributed by atoms with Crippen molar-refractivity contribution in [1.82, 2.24) is 0 Å². The maximum Gasteiger partial charge on any atom is 0.308 e. The molecule has 0 atom stereocenters. The Balaban J connectivity index is 2.46. The van der Waals surface area contributed by atoms with Gasteiger partial charge in [-0.25, -0.2) is 0 Å². The maximum absolute atomic E-state index is 12.9. The van der Waals surface area contributed by atoms with E-state index in [0.717, 1.165) is 18.3 Å². The highest BCUT2D eigenvalue weighted by Gasteiger charge is 2.28. The molecule has 0 aliphatic carbocycles. The average Bonchev–Trinajstić information content (AvgIpc) is 2.60. The van der Waals surface area contributed by atoms with Crippen molar-refractivity contribution in [2.45, 2.75) is 33.3 Å². The number of rotatable bonds is 4. The van der Waals surface area contributed by atoms with Gasteiger partial charge in [-0.2, -0.15) is 9.99 Å². The third-order valence-electron chi connectivity index (χ3n) is 3.29. The standard InChI is InChI=1S/C19H18ClN3O5/c1-11(22-28-19(2,3)4)27-16-6-5-7-23(26)17(16)18(25)13-9-14(20)12(10-21)8-15(13)24/h5-9,24H,1-4H3. The Labute approximate surface area is 166 Å². The molecule has 0 spiro atoms. The molecule has 1 heterocycles. The molecule has 1 N–H and O–H groups in total. The second-order valence-corrected chi connectivity index (χ2v) is 7.16. The summed E-state index contributed by atoms with van der Waals surface area (Å²) in [5.74, 6) is -1.33. The lowest BCUT2D eigenvalue weighted by atomic mass is 10.0. The van der Waals surface area contributed by atoms with Crippen LogP contribution in [0.3, 0.4) is 0 Å². The molecule has 0 unspecified atom stereocenters. The number of hydrogen-bond donors (Lipinski definition) is 1. The van der Waals surface area contributed by atoms with Gasteiger partial charge in [-0.1, -0.05) is 16.8 Å². The van der Waals surface area contributed by atoms with Crippen molar-refractivity contribution in [3.05, 3.63) is 57.5 Å². The number of carbonyl (C=O) groups excluding carboxylic acids is 1. The number of hydrogen-bond acceptors (Lipinski definition) is 7. The molecule has 0 aliphatic rings. The molecule has 0 saturated carbocycles. The zero-order valence-electron chi connectivity index (χ0n) is 15.7. The molecule has 9 heteroatoms. The number of aromatic hydroxyl groups is 1. The van der Waals surface area contributed by atoms with E-state index in [4.69, 9.17) is 26.4 Å². The maximum atomic E-state index is 12.9. The molecule has 146 valence electrons. The van der Waals surface area contributed by atoms with Crippen LogP contribution in [0.5, 0.6) is 11.5 Å². The minimum atomic E-state index is -0.834. The van der Waals surface area contributed by atoms with Crippen molar-refractivity contribution in [2.75, 3.05) is 0 Å². The van der Waals surface area contributed by atoms with Gasteiger partial charge in [-0.15, -0.1) is 0 Å². The second kappa shape index (κ2) is 8.15. The Hall–Kier alpha value is -3.31. The van der Waals surface area contributed by atoms with E-state index < -0.39 is 17.1 Å². The van der Waals surface area contributed by atoms with E-state index in [1.807, 2.05) is 0 Å². The van der Waals surface area contributed by atoms with Crippen LogP contribution in [0.1, 0.15) is 49.3 Å². The van der Waals surface area contributed by atoms with E-state index in [0.29, 0.717) is 4.73 Å². The number of benzene rings is 1. The number of phenols is 1. The van der Waals surface area contributed by atoms with Gasteiger partial charge >= 0.3 is 5.69 Å². The van der Waals surface area contributed by atoms with Gasteiger partial charge < -0.3 is 19.9 Å². The summed E-state index contributed by atoms with van der Waals surface area (Å²) in [4.78, 5) is 18.1. The van der Waals surface area contributed by atoms with Crippen molar-refractivity contribution in [3.8, 4) is 17.6 Å². The summed E-state index contributed by atoms with van der Waals surface area (Å²) in [5.41, 5.74) is -1.18. The quantitative estimate of drug-likeness (QED) is 0.209. The number of phenolic OH excluding ortho intramolecular Hbond substituents is 1. The Morgan fingerprint density at radius 2 is 2.07 bits per heavy atom. The average molecular weight is 404 g/mol. The van der Waals surface area contributed by atoms with Crippen molar-refractivity contribution < 1.29 is 24.2 Å². The van der Waals surface area contributed by atoms with Crippen LogP contribution in [0, 0.1) is 16.5 Å². The molecular weight excluding hydrogens is 386 g/mol. The number of oxime groups is 1. The zero-order valence-corrected chi connectivity index (χ0v) is 16.4. The zero-order chi connectivity index (χ0) is 21.1. The number of carbonyl (C=O) groups is 1. The molecule has 8 nitrogen and oxygen atoms in total. The van der Waals surface area contributed by atoms with Gasteiger partial charge in [0.15, 0.2) is 6.20 Å². The summed E-state index contributed by atoms with van der Waals surface area (Å²) >= 11 is 5.94. The molecule has 1 aromatic heterocycles. The fourth-order valence-corrected chi connectivity index (χ4v) is 2.31. The fourth-order valence-electron chi connectivity index (χ4n) is 2.10. The van der Waals surface area contributed by atoms with Crippen LogP contribution < -0.4 is 9.47 Å². The highest BCUT2D eigenvalue weighted by molar-refractivity contribution is 6.32. The monoisotopic (exact) mass is 403 g/mol. The van der Waals surface area contributed by atoms with Crippen LogP contribution in [0.4, 0.5) is 0 Å². The summed E-state index contributed by atoms with van der Waals surface area (Å²) in [6.45, 7) is 6.89. The molecule has 0 saturated heterocycles. The lowest BCUT2D eigenvalue weighted by Crippen LogP contribution is -2.35. The lowest BCUT2D eigenvalue weighted by Gasteiger charge is -2.16. The van der Waals surface area contributed by atoms with Crippen molar-refractivity contribution in [3.63, 3.8) is 0 Å². The molecule has 0 radical (unpaired) electrons. The Bertz CT molecular complexity index is 990. The highest BCUT2D eigenvalue weighted by atomic mass is 35.5. The molecule has 0 aliphatic heterocycles. The molecule has 28 heavy (non-hydrogen) atoms. The van der Waals surface area contributed by atoms with Gasteiger partial charge in [0.05, 0.1) is 16.1 Å². The van der Waals surface area contributed by atoms with Crippen molar-refractivity contribution >= 4 is 23.3 Å². The molecule has 2 aromatic rings. The second-order valence-electron chi connectivity index (χ2n) is 6.75. The van der Waals surface area contributed by atoms with E-state index >= 15 is 0 Å². The van der Waals surface area contributed by atoms with Gasteiger partial charge in [0, 0.05) is 13.0 Å². The normalized spacial score (nSPS) is 11.6. The number of nitrogens with zero attached hydrogens (tertiary/aromatic N) is 3. The number of pyridine rings is 1. The number of nitriles is 1. The summed E-state index contributed by atoms with van der Waals surface area (Å²) in [6.07, 6.45) is 1.11. The molecule has 0 bridgehead atoms. The van der Waals surface area contributed by atoms with Crippen LogP contribution in [-0.2, 0) is 4.84 Å². The minimum Gasteiger partial charge on any atom is -0.618 e. The van der Waals surface area contributed by atoms with Crippen molar-refractivity contribution in [2.24, 2.45) is 5.16 Å². The first-order valence-electron chi connectivity index (χ1n) is 8.13. The van der Waals surface area contributed by atoms with Crippen LogP contribution >= 0.6 is 11.6 Å². The fraction of sp³-hybridized carbons (Fsp3) is 0.263. The molecule has 1 aromatic carbocycles. The molecule has 0 amide bonds. The summed E-state index contributed by atoms with van der Waals surface area (Å²) in [5, 5.41) is 35.1. The first-order chi connectivity index (χ1) is 13.0. The van der Waals surface area contributed by atoms with Gasteiger partial charge in [-0.3, -0.25) is 4.79 Å². The highest BCUT2D eigenvalue weighted by Crippen LogP contribution is 2.29. The first kappa shape index (κ1) is 21.0. The number of ketones is 1. The van der Waals surface area contributed by atoms with E-state index in [9.17, 15) is 15.1 Å². The smallest absolute Gasteiger partial charge is 0.308 e. The van der Waals surface area contributed by atoms with Gasteiger partial charge in [0.1, 0.15) is 17.4 Å². The van der Waals surface area contributed by atoms with Gasteiger partial charge in [0.2, 0.25) is 11.6 Å². The van der Waals surface area contributed by atoms with Crippen LogP contribution in [0.2, 0.25) is 5.02 Å². The van der Waals surface area contributed by atoms with Crippen LogP contribution in [-0.4, -0.2) is 22.4 Å². The predicted octanol–water partition coefficient (Wildman–Crippen LogP) is 3.31. The number of ether oxygens (including phenoxy) is 1. The lowest BCUT2D eigenvalue weighted by molar-refractivity contribution is -0.607. The van der Waals surface area contributed by atoms with E-state index in [2.05, 4.69) is 5.16 Å². The number of aromatic nitrogens is 1. The van der Waals surface area contributed by atoms with Crippen LogP contribution in [0.25, 0.3) is 0 Å². The molecular formula is C19H18ClN3O5. The van der Waals surface area contributed by atoms with Gasteiger partial charge in [-0.05, 0) is 39.0 Å². The van der Waals surface area contributed by atoms with E-state index in [1.165, 1.54) is 19.1 Å². The molecule has 0 fully saturated rings. The summed E-state index contributed by atoms with van der Waals surface area (Å²) in [7, 11) is 0. The predicted molar refractivity (Wildman–Crippen MR) is 101 cm³/mol. The summed E-state index contributed by atoms with van der Waals surface area (Å²) < 4.78 is 5.80. The number of halogens is 1. The largest absolute Gasteiger partial charge is 0.618 e. The Morgan fingerprint density at radius 3 is 2.68 bits per heavy atom. The summed E-state index contributed by atoms with van der Waals surface area (Å²) in [6, 6.07) is 6.76. The van der Waals surface area contributed by atoms with Crippen molar-refractivity contribution in [1.29, 1.82) is 5.26 Å². The van der Waals surface area contributed by atoms with Crippen LogP contribution in [0.15, 0.2) is 35.6 Å². The Morgan fingerprint density at radius 1 is 1.39 bits per heavy atom. The van der Waals surface area contributed by atoms with E-state index in [1.54, 1.807) is 26.8 Å². The SMILES string of the molecule is CC(=NOC(C)(C)C)Oc1ccc[n+]([O-])c1C(=O)c1cc(Cl)c(C#N)cc1O. The molecule has 2 rings (SSSR count). The third-order valence-corrected chi connectivity index (χ3v) is 3.61. The first-order valence-corrected chi connectivity index (χ1v) is 8.51. The topological polar surface area (TPSA) is 119 Å². The minimum absolute atomic E-state index is 0.00226.